The molecule has 1 heterocycles. The lowest BCUT2D eigenvalue weighted by Crippen LogP contribution is -2.19. The molecule has 0 aliphatic carbocycles. The van der Waals surface area contributed by atoms with Crippen molar-refractivity contribution < 1.29 is 4.39 Å². The Kier molecular flexibility index (Phi) is 5.13. The highest BCUT2D eigenvalue weighted by molar-refractivity contribution is 9.10. The second-order valence-corrected chi connectivity index (χ2v) is 6.15. The van der Waals surface area contributed by atoms with Crippen molar-refractivity contribution in [2.24, 2.45) is 0 Å². The first-order valence-electron chi connectivity index (χ1n) is 6.38. The molecule has 2 rings (SSSR count). The third kappa shape index (κ3) is 3.44. The average Bonchev–Trinajstić information content (AvgIpc) is 2.82. The molecule has 19 heavy (non-hydrogen) atoms. The van der Waals surface area contributed by atoms with E-state index in [-0.39, 0.29) is 11.9 Å². The second kappa shape index (κ2) is 6.64. The summed E-state index contributed by atoms with van der Waals surface area (Å²) in [5, 5.41) is 7.36. The molecule has 1 aromatic heterocycles. The SMILES string of the molecule is CCCNC(C)c1ccc(F)c(-c2cscc2Br)c1. The summed E-state index contributed by atoms with van der Waals surface area (Å²) >= 11 is 5.04. The normalized spacial score (nSPS) is 12.6. The molecule has 0 saturated heterocycles. The van der Waals surface area contributed by atoms with Crippen LogP contribution in [0.5, 0.6) is 0 Å². The fraction of sp³-hybridized carbons (Fsp3) is 0.333. The van der Waals surface area contributed by atoms with E-state index in [1.54, 1.807) is 17.4 Å². The minimum atomic E-state index is -0.175. The van der Waals surface area contributed by atoms with Gasteiger partial charge in [0.25, 0.3) is 0 Å². The van der Waals surface area contributed by atoms with Crippen LogP contribution in [0.15, 0.2) is 33.4 Å². The van der Waals surface area contributed by atoms with Crippen LogP contribution >= 0.6 is 27.3 Å². The summed E-state index contributed by atoms with van der Waals surface area (Å²) in [6.07, 6.45) is 1.09. The lowest BCUT2D eigenvalue weighted by molar-refractivity contribution is 0.568. The van der Waals surface area contributed by atoms with Gasteiger partial charge >= 0.3 is 0 Å². The summed E-state index contributed by atoms with van der Waals surface area (Å²) in [4.78, 5) is 0. The first kappa shape index (κ1) is 14.7. The molecule has 1 unspecified atom stereocenters. The van der Waals surface area contributed by atoms with Crippen molar-refractivity contribution in [3.05, 3.63) is 44.8 Å². The Morgan fingerprint density at radius 2 is 2.11 bits per heavy atom. The predicted octanol–water partition coefficient (Wildman–Crippen LogP) is 5.38. The third-order valence-electron chi connectivity index (χ3n) is 3.10. The summed E-state index contributed by atoms with van der Waals surface area (Å²) in [5.74, 6) is -0.175. The van der Waals surface area contributed by atoms with E-state index in [1.165, 1.54) is 0 Å². The van der Waals surface area contributed by atoms with Crippen LogP contribution < -0.4 is 5.32 Å². The van der Waals surface area contributed by atoms with Crippen LogP contribution in [0.1, 0.15) is 31.9 Å². The summed E-state index contributed by atoms with van der Waals surface area (Å²) in [5.41, 5.74) is 2.70. The number of rotatable bonds is 5. The number of thiophene rings is 1. The molecule has 0 saturated carbocycles. The zero-order valence-electron chi connectivity index (χ0n) is 11.0. The molecule has 1 aromatic carbocycles. The van der Waals surface area contributed by atoms with E-state index < -0.39 is 0 Å². The fourth-order valence-electron chi connectivity index (χ4n) is 1.97. The van der Waals surface area contributed by atoms with Crippen LogP contribution in [0.4, 0.5) is 4.39 Å². The lowest BCUT2D eigenvalue weighted by atomic mass is 10.0. The molecule has 0 bridgehead atoms. The highest BCUT2D eigenvalue weighted by Crippen LogP contribution is 2.34. The monoisotopic (exact) mass is 341 g/mol. The van der Waals surface area contributed by atoms with E-state index in [9.17, 15) is 4.39 Å². The van der Waals surface area contributed by atoms with Gasteiger partial charge < -0.3 is 5.32 Å². The maximum Gasteiger partial charge on any atom is 0.131 e. The molecule has 0 spiro atoms. The highest BCUT2D eigenvalue weighted by atomic mass is 79.9. The minimum absolute atomic E-state index is 0.175. The molecular weight excluding hydrogens is 325 g/mol. The van der Waals surface area contributed by atoms with Crippen LogP contribution in [0.25, 0.3) is 11.1 Å². The van der Waals surface area contributed by atoms with Crippen molar-refractivity contribution in [3.63, 3.8) is 0 Å². The van der Waals surface area contributed by atoms with Crippen LogP contribution in [0.2, 0.25) is 0 Å². The maximum absolute atomic E-state index is 14.0. The van der Waals surface area contributed by atoms with Crippen LogP contribution in [-0.4, -0.2) is 6.54 Å². The molecular formula is C15H17BrFNS. The molecule has 4 heteroatoms. The van der Waals surface area contributed by atoms with Crippen LogP contribution in [-0.2, 0) is 0 Å². The van der Waals surface area contributed by atoms with Crippen molar-refractivity contribution in [1.29, 1.82) is 0 Å². The molecule has 1 nitrogen and oxygen atoms in total. The van der Waals surface area contributed by atoms with Gasteiger partial charge in [-0.2, -0.15) is 11.3 Å². The Morgan fingerprint density at radius 1 is 1.32 bits per heavy atom. The summed E-state index contributed by atoms with van der Waals surface area (Å²) in [6.45, 7) is 5.21. The predicted molar refractivity (Wildman–Crippen MR) is 84.1 cm³/mol. The topological polar surface area (TPSA) is 12.0 Å². The smallest absolute Gasteiger partial charge is 0.131 e. The van der Waals surface area contributed by atoms with Crippen LogP contribution in [0, 0.1) is 5.82 Å². The highest BCUT2D eigenvalue weighted by Gasteiger charge is 2.12. The molecule has 1 atom stereocenters. The minimum Gasteiger partial charge on any atom is -0.310 e. The molecule has 2 aromatic rings. The Bertz CT molecular complexity index is 553. The van der Waals surface area contributed by atoms with E-state index in [0.29, 0.717) is 5.56 Å². The summed E-state index contributed by atoms with van der Waals surface area (Å²) < 4.78 is 14.9. The molecule has 0 aliphatic rings. The molecule has 0 radical (unpaired) electrons. The number of nitrogens with one attached hydrogen (secondary N) is 1. The van der Waals surface area contributed by atoms with E-state index in [1.807, 2.05) is 22.9 Å². The standard InChI is InChI=1S/C15H17BrFNS/c1-3-6-18-10(2)11-4-5-15(17)12(7-11)13-8-19-9-14(13)16/h4-5,7-10,18H,3,6H2,1-2H3. The largest absolute Gasteiger partial charge is 0.310 e. The van der Waals surface area contributed by atoms with Gasteiger partial charge in [0.2, 0.25) is 0 Å². The summed E-state index contributed by atoms with van der Waals surface area (Å²) in [6, 6.07) is 5.58. The Hall–Kier alpha value is -0.710. The Labute approximate surface area is 126 Å². The lowest BCUT2D eigenvalue weighted by Gasteiger charge is -2.15. The Morgan fingerprint density at radius 3 is 2.74 bits per heavy atom. The van der Waals surface area contributed by atoms with E-state index in [0.717, 1.165) is 28.6 Å². The van der Waals surface area contributed by atoms with Crippen molar-refractivity contribution in [2.75, 3.05) is 6.54 Å². The number of benzene rings is 1. The van der Waals surface area contributed by atoms with Gasteiger partial charge in [0.05, 0.1) is 0 Å². The van der Waals surface area contributed by atoms with Gasteiger partial charge in [-0.25, -0.2) is 4.39 Å². The Balaban J connectivity index is 2.32. The van der Waals surface area contributed by atoms with Gasteiger partial charge in [0.1, 0.15) is 5.82 Å². The fourth-order valence-corrected chi connectivity index (χ4v) is 3.48. The molecule has 1 N–H and O–H groups in total. The van der Waals surface area contributed by atoms with Crippen molar-refractivity contribution in [1.82, 2.24) is 5.32 Å². The second-order valence-electron chi connectivity index (χ2n) is 4.55. The first-order valence-corrected chi connectivity index (χ1v) is 8.12. The number of hydrogen-bond donors (Lipinski definition) is 1. The quantitative estimate of drug-likeness (QED) is 0.769. The molecule has 0 amide bonds. The summed E-state index contributed by atoms with van der Waals surface area (Å²) in [7, 11) is 0. The molecule has 0 fully saturated rings. The van der Waals surface area contributed by atoms with Crippen LogP contribution in [0.3, 0.4) is 0 Å². The van der Waals surface area contributed by atoms with Crippen molar-refractivity contribution in [3.8, 4) is 11.1 Å². The van der Waals surface area contributed by atoms with E-state index >= 15 is 0 Å². The zero-order chi connectivity index (χ0) is 13.8. The van der Waals surface area contributed by atoms with Gasteiger partial charge in [-0.05, 0) is 58.9 Å². The van der Waals surface area contributed by atoms with Gasteiger partial charge in [-0.1, -0.05) is 13.0 Å². The molecule has 0 aliphatic heterocycles. The van der Waals surface area contributed by atoms with E-state index in [4.69, 9.17) is 0 Å². The van der Waals surface area contributed by atoms with E-state index in [2.05, 4.69) is 35.1 Å². The third-order valence-corrected chi connectivity index (χ3v) is 4.80. The number of halogens is 2. The van der Waals surface area contributed by atoms with Gasteiger partial charge in [0.15, 0.2) is 0 Å². The first-order chi connectivity index (χ1) is 9.13. The van der Waals surface area contributed by atoms with Gasteiger partial charge in [0, 0.05) is 27.0 Å². The number of hydrogen-bond acceptors (Lipinski definition) is 2. The maximum atomic E-state index is 14.0. The van der Waals surface area contributed by atoms with Gasteiger partial charge in [-0.15, -0.1) is 0 Å². The zero-order valence-corrected chi connectivity index (χ0v) is 13.4. The van der Waals surface area contributed by atoms with Crippen molar-refractivity contribution >= 4 is 27.3 Å². The average molecular weight is 342 g/mol. The van der Waals surface area contributed by atoms with Gasteiger partial charge in [-0.3, -0.25) is 0 Å². The van der Waals surface area contributed by atoms with Crippen molar-refractivity contribution in [2.45, 2.75) is 26.3 Å². The molecule has 102 valence electrons.